The van der Waals surface area contributed by atoms with Gasteiger partial charge in [0.2, 0.25) is 15.9 Å². The van der Waals surface area contributed by atoms with E-state index in [4.69, 9.17) is 0 Å². The molecule has 1 aliphatic carbocycles. The number of carbonyl (C=O) groups excluding carboxylic acids is 1. The van der Waals surface area contributed by atoms with Crippen LogP contribution in [0.2, 0.25) is 0 Å². The number of hydrogen-bond acceptors (Lipinski definition) is 3. The third kappa shape index (κ3) is 3.82. The highest BCUT2D eigenvalue weighted by atomic mass is 32.2. The van der Waals surface area contributed by atoms with Crippen LogP contribution in [0, 0.1) is 5.92 Å². The lowest BCUT2D eigenvalue weighted by atomic mass is 10.4. The lowest BCUT2D eigenvalue weighted by Gasteiger charge is -2.18. The average molecular weight is 300 g/mol. The second kappa shape index (κ2) is 4.93. The van der Waals surface area contributed by atoms with Gasteiger partial charge < -0.3 is 4.90 Å². The zero-order valence-electron chi connectivity index (χ0n) is 10.2. The lowest BCUT2D eigenvalue weighted by molar-refractivity contribution is -0.132. The Bertz CT molecular complexity index is 459. The maximum atomic E-state index is 12.0. The largest absolute Gasteiger partial charge is 0.390 e. The highest BCUT2D eigenvalue weighted by molar-refractivity contribution is 7.89. The Hall–Kier alpha value is -0.830. The number of halogens is 3. The van der Waals surface area contributed by atoms with E-state index >= 15 is 0 Å². The maximum absolute atomic E-state index is 12.0. The summed E-state index contributed by atoms with van der Waals surface area (Å²) in [7, 11) is -3.95. The molecule has 0 radical (unpaired) electrons. The highest BCUT2D eigenvalue weighted by Crippen LogP contribution is 2.32. The molecule has 0 spiro atoms. The number of rotatable bonds is 4. The SMILES string of the molecule is O=C(C1CC1)N1CCN(S(=O)(=O)CCC(F)(F)F)C1. The van der Waals surface area contributed by atoms with Crippen LogP contribution < -0.4 is 0 Å². The van der Waals surface area contributed by atoms with Crippen molar-refractivity contribution in [1.82, 2.24) is 9.21 Å². The van der Waals surface area contributed by atoms with Crippen LogP contribution in [0.25, 0.3) is 0 Å². The van der Waals surface area contributed by atoms with Crippen molar-refractivity contribution in [3.05, 3.63) is 0 Å². The van der Waals surface area contributed by atoms with Crippen LogP contribution in [0.15, 0.2) is 0 Å². The van der Waals surface area contributed by atoms with Gasteiger partial charge in [-0.3, -0.25) is 4.79 Å². The van der Waals surface area contributed by atoms with Gasteiger partial charge in [-0.2, -0.15) is 17.5 Å². The Labute approximate surface area is 109 Å². The Kier molecular flexibility index (Phi) is 3.78. The summed E-state index contributed by atoms with van der Waals surface area (Å²) in [5.74, 6) is -1.06. The number of amides is 1. The third-order valence-corrected chi connectivity index (χ3v) is 5.03. The maximum Gasteiger partial charge on any atom is 0.390 e. The third-order valence-electron chi connectivity index (χ3n) is 3.22. The summed E-state index contributed by atoms with van der Waals surface area (Å²) in [6.07, 6.45) is -4.22. The molecule has 1 saturated carbocycles. The Balaban J connectivity index is 1.90. The first-order chi connectivity index (χ1) is 8.69. The molecule has 0 unspecified atom stereocenters. The molecular weight excluding hydrogens is 285 g/mol. The summed E-state index contributed by atoms with van der Waals surface area (Å²) in [5, 5.41) is 0. The van der Waals surface area contributed by atoms with Crippen LogP contribution in [-0.2, 0) is 14.8 Å². The van der Waals surface area contributed by atoms with Gasteiger partial charge in [0.05, 0.1) is 18.8 Å². The average Bonchev–Trinajstić information content (AvgIpc) is 3.01. The normalized spacial score (nSPS) is 21.9. The molecule has 1 heterocycles. The van der Waals surface area contributed by atoms with Gasteiger partial charge in [-0.15, -0.1) is 0 Å². The van der Waals surface area contributed by atoms with Crippen molar-refractivity contribution < 1.29 is 26.4 Å². The molecule has 0 aromatic heterocycles. The minimum absolute atomic E-state index is 0.0159. The van der Waals surface area contributed by atoms with Crippen molar-refractivity contribution in [1.29, 1.82) is 0 Å². The van der Waals surface area contributed by atoms with E-state index in [-0.39, 0.29) is 31.6 Å². The van der Waals surface area contributed by atoms with Crippen molar-refractivity contribution >= 4 is 15.9 Å². The fourth-order valence-electron chi connectivity index (χ4n) is 1.93. The van der Waals surface area contributed by atoms with Gasteiger partial charge in [0.25, 0.3) is 0 Å². The minimum Gasteiger partial charge on any atom is -0.327 e. The molecule has 0 atom stereocenters. The van der Waals surface area contributed by atoms with Crippen LogP contribution in [-0.4, -0.2) is 55.2 Å². The fourth-order valence-corrected chi connectivity index (χ4v) is 3.36. The summed E-state index contributed by atoms with van der Waals surface area (Å²) in [4.78, 5) is 13.1. The van der Waals surface area contributed by atoms with Crippen LogP contribution in [0.4, 0.5) is 13.2 Å². The number of nitrogens with zero attached hydrogens (tertiary/aromatic N) is 2. The molecule has 0 N–H and O–H groups in total. The van der Waals surface area contributed by atoms with Gasteiger partial charge in [0.1, 0.15) is 0 Å². The molecule has 2 fully saturated rings. The van der Waals surface area contributed by atoms with Crippen molar-refractivity contribution in [2.45, 2.75) is 25.4 Å². The van der Waals surface area contributed by atoms with Crippen LogP contribution in [0.5, 0.6) is 0 Å². The molecular formula is C10H15F3N2O3S. The second-order valence-corrected chi connectivity index (χ2v) is 6.96. The van der Waals surface area contributed by atoms with Gasteiger partial charge in [0, 0.05) is 19.0 Å². The van der Waals surface area contributed by atoms with Crippen LogP contribution >= 0.6 is 0 Å². The standard InChI is InChI=1S/C10H15F3N2O3S/c11-10(12,13)3-6-19(17,18)15-5-4-14(7-15)9(16)8-1-2-8/h8H,1-7H2. The van der Waals surface area contributed by atoms with Gasteiger partial charge in [-0.1, -0.05) is 0 Å². The monoisotopic (exact) mass is 300 g/mol. The van der Waals surface area contributed by atoms with E-state index in [1.54, 1.807) is 0 Å². The number of hydrogen-bond donors (Lipinski definition) is 0. The van der Waals surface area contributed by atoms with Crippen LogP contribution in [0.3, 0.4) is 0 Å². The highest BCUT2D eigenvalue weighted by Gasteiger charge is 2.39. The van der Waals surface area contributed by atoms with Gasteiger partial charge in [0.15, 0.2) is 0 Å². The molecule has 19 heavy (non-hydrogen) atoms. The summed E-state index contributed by atoms with van der Waals surface area (Å²) in [5.41, 5.74) is 0. The first-order valence-corrected chi connectivity index (χ1v) is 7.63. The van der Waals surface area contributed by atoms with E-state index in [2.05, 4.69) is 0 Å². The molecule has 1 amide bonds. The molecule has 0 bridgehead atoms. The van der Waals surface area contributed by atoms with Crippen molar-refractivity contribution in [3.8, 4) is 0 Å². The summed E-state index contributed by atoms with van der Waals surface area (Å²) in [6.45, 7) is 0.231. The fraction of sp³-hybridized carbons (Fsp3) is 0.900. The smallest absolute Gasteiger partial charge is 0.327 e. The Morgan fingerprint density at radius 2 is 1.84 bits per heavy atom. The van der Waals surface area contributed by atoms with E-state index in [1.807, 2.05) is 0 Å². The zero-order valence-corrected chi connectivity index (χ0v) is 11.0. The summed E-state index contributed by atoms with van der Waals surface area (Å²) >= 11 is 0. The summed E-state index contributed by atoms with van der Waals surface area (Å²) < 4.78 is 60.5. The Morgan fingerprint density at radius 1 is 1.21 bits per heavy atom. The predicted octanol–water partition coefficient (Wildman–Crippen LogP) is 0.780. The molecule has 2 aliphatic rings. The summed E-state index contributed by atoms with van der Waals surface area (Å²) in [6, 6.07) is 0. The first kappa shape index (κ1) is 14.6. The molecule has 2 rings (SSSR count). The van der Waals surface area contributed by atoms with E-state index in [1.165, 1.54) is 4.90 Å². The van der Waals surface area contributed by atoms with Crippen molar-refractivity contribution in [2.75, 3.05) is 25.5 Å². The van der Waals surface area contributed by atoms with Crippen LogP contribution in [0.1, 0.15) is 19.3 Å². The number of sulfonamides is 1. The van der Waals surface area contributed by atoms with Crippen molar-refractivity contribution in [3.63, 3.8) is 0 Å². The second-order valence-electron chi connectivity index (χ2n) is 4.87. The van der Waals surface area contributed by atoms with E-state index in [9.17, 15) is 26.4 Å². The van der Waals surface area contributed by atoms with Gasteiger partial charge in [-0.05, 0) is 12.8 Å². The lowest BCUT2D eigenvalue weighted by Crippen LogP contribution is -2.36. The molecule has 5 nitrogen and oxygen atoms in total. The molecule has 1 aliphatic heterocycles. The number of alkyl halides is 3. The predicted molar refractivity (Wildman–Crippen MR) is 60.5 cm³/mol. The molecule has 0 aromatic carbocycles. The quantitative estimate of drug-likeness (QED) is 0.771. The minimum atomic E-state index is -4.49. The van der Waals surface area contributed by atoms with E-state index < -0.39 is 28.4 Å². The van der Waals surface area contributed by atoms with Gasteiger partial charge in [-0.25, -0.2) is 8.42 Å². The molecule has 0 aromatic rings. The number of carbonyl (C=O) groups is 1. The zero-order chi connectivity index (χ0) is 14.3. The first-order valence-electron chi connectivity index (χ1n) is 6.02. The topological polar surface area (TPSA) is 57.7 Å². The Morgan fingerprint density at radius 3 is 2.37 bits per heavy atom. The molecule has 110 valence electrons. The molecule has 1 saturated heterocycles. The molecule has 9 heteroatoms. The van der Waals surface area contributed by atoms with E-state index in [0.29, 0.717) is 0 Å². The van der Waals surface area contributed by atoms with Crippen molar-refractivity contribution in [2.24, 2.45) is 5.92 Å². The van der Waals surface area contributed by atoms with Gasteiger partial charge >= 0.3 is 6.18 Å². The van der Waals surface area contributed by atoms with E-state index in [0.717, 1.165) is 17.1 Å².